The lowest BCUT2D eigenvalue weighted by molar-refractivity contribution is 0.0746. The van der Waals surface area contributed by atoms with Crippen LogP contribution in [0.4, 0.5) is 0 Å². The summed E-state index contributed by atoms with van der Waals surface area (Å²) in [6.45, 7) is 6.43. The second-order valence-corrected chi connectivity index (χ2v) is 2.60. The molecule has 0 aliphatic heterocycles. The Labute approximate surface area is 87.4 Å². The highest BCUT2D eigenvalue weighted by molar-refractivity contribution is 4.90. The van der Waals surface area contributed by atoms with E-state index in [1.54, 1.807) is 7.11 Å². The van der Waals surface area contributed by atoms with Crippen LogP contribution in [0.25, 0.3) is 0 Å². The fourth-order valence-corrected chi connectivity index (χ4v) is 0.931. The molecule has 2 atom stereocenters. The molecule has 3 N–H and O–H groups in total. The molecule has 0 bridgehead atoms. The highest BCUT2D eigenvalue weighted by atomic mass is 16.5. The molecule has 14 heavy (non-hydrogen) atoms. The molecule has 0 aromatic rings. The lowest BCUT2D eigenvalue weighted by Crippen LogP contribution is -2.43. The zero-order chi connectivity index (χ0) is 11.4. The summed E-state index contributed by atoms with van der Waals surface area (Å²) in [4.78, 5) is 0. The number of rotatable bonds is 6. The minimum atomic E-state index is -0.207. The third-order valence-electron chi connectivity index (χ3n) is 1.62. The fraction of sp³-hybridized carbons (Fsp3) is 0.900. The number of hydrogen-bond acceptors (Lipinski definition) is 4. The summed E-state index contributed by atoms with van der Waals surface area (Å²) in [7, 11) is 1.57. The highest BCUT2D eigenvalue weighted by Crippen LogP contribution is 1.96. The second kappa shape index (κ2) is 12.4. The Morgan fingerprint density at radius 2 is 2.07 bits per heavy atom. The molecule has 0 spiro atoms. The predicted molar refractivity (Wildman–Crippen MR) is 58.6 cm³/mol. The Morgan fingerprint density at radius 1 is 1.50 bits per heavy atom. The Morgan fingerprint density at radius 3 is 2.36 bits per heavy atom. The van der Waals surface area contributed by atoms with Gasteiger partial charge < -0.3 is 10.5 Å². The normalized spacial score (nSPS) is 13.4. The number of nitrogens with one attached hydrogen (secondary N) is 1. The number of nitrogens with two attached hydrogens (primary N) is 1. The van der Waals surface area contributed by atoms with E-state index in [9.17, 15) is 0 Å². The van der Waals surface area contributed by atoms with Crippen LogP contribution in [0.2, 0.25) is 0 Å². The van der Waals surface area contributed by atoms with Gasteiger partial charge in [0, 0.05) is 13.7 Å². The van der Waals surface area contributed by atoms with E-state index >= 15 is 0 Å². The van der Waals surface area contributed by atoms with E-state index < -0.39 is 0 Å². The zero-order valence-corrected chi connectivity index (χ0v) is 9.71. The summed E-state index contributed by atoms with van der Waals surface area (Å²) in [6.07, 6.45) is 1.60. The number of nitriles is 1. The first kappa shape index (κ1) is 15.8. The van der Waals surface area contributed by atoms with E-state index in [-0.39, 0.29) is 12.3 Å². The summed E-state index contributed by atoms with van der Waals surface area (Å²) in [5, 5.41) is 11.7. The van der Waals surface area contributed by atoms with Crippen LogP contribution in [-0.4, -0.2) is 25.9 Å². The van der Waals surface area contributed by atoms with Crippen molar-refractivity contribution in [2.24, 2.45) is 5.73 Å². The second-order valence-electron chi connectivity index (χ2n) is 2.60. The minimum Gasteiger partial charge on any atom is -0.365 e. The minimum absolute atomic E-state index is 0.150. The molecule has 0 radical (unpaired) electrons. The van der Waals surface area contributed by atoms with Gasteiger partial charge >= 0.3 is 0 Å². The van der Waals surface area contributed by atoms with E-state index in [0.717, 1.165) is 12.8 Å². The maximum atomic E-state index is 8.69. The Bertz CT molecular complexity index is 141. The molecular weight excluding hydrogens is 178 g/mol. The molecule has 0 rings (SSSR count). The van der Waals surface area contributed by atoms with Gasteiger partial charge in [0.25, 0.3) is 0 Å². The Hall–Kier alpha value is -0.630. The largest absolute Gasteiger partial charge is 0.365 e. The molecule has 0 saturated carbocycles. The van der Waals surface area contributed by atoms with Crippen molar-refractivity contribution in [2.75, 3.05) is 13.7 Å². The predicted octanol–water partition coefficient (Wildman–Crippen LogP) is 1.23. The van der Waals surface area contributed by atoms with Gasteiger partial charge in [0.2, 0.25) is 0 Å². The van der Waals surface area contributed by atoms with E-state index in [0.29, 0.717) is 6.54 Å². The van der Waals surface area contributed by atoms with Gasteiger partial charge in [-0.25, -0.2) is 0 Å². The summed E-state index contributed by atoms with van der Waals surface area (Å²) in [5.74, 6) is 0. The molecule has 0 amide bonds. The molecule has 4 heteroatoms. The van der Waals surface area contributed by atoms with Crippen molar-refractivity contribution in [3.8, 4) is 6.07 Å². The van der Waals surface area contributed by atoms with Crippen LogP contribution in [0.3, 0.4) is 0 Å². The van der Waals surface area contributed by atoms with E-state index in [2.05, 4.69) is 11.4 Å². The fourth-order valence-electron chi connectivity index (χ4n) is 0.931. The summed E-state index contributed by atoms with van der Waals surface area (Å²) in [6, 6.07) is 2.01. The smallest absolute Gasteiger partial charge is 0.121 e. The van der Waals surface area contributed by atoms with Crippen LogP contribution in [0, 0.1) is 11.3 Å². The Balaban J connectivity index is 0. The highest BCUT2D eigenvalue weighted by Gasteiger charge is 2.11. The van der Waals surface area contributed by atoms with Gasteiger partial charge in [0.05, 0.1) is 12.1 Å². The van der Waals surface area contributed by atoms with Gasteiger partial charge in [-0.05, 0) is 6.42 Å². The van der Waals surface area contributed by atoms with Crippen molar-refractivity contribution in [3.63, 3.8) is 0 Å². The van der Waals surface area contributed by atoms with Crippen LogP contribution in [0.15, 0.2) is 0 Å². The van der Waals surface area contributed by atoms with Crippen molar-refractivity contribution in [1.82, 2.24) is 5.32 Å². The summed E-state index contributed by atoms with van der Waals surface area (Å²) in [5.41, 5.74) is 5.39. The summed E-state index contributed by atoms with van der Waals surface area (Å²) >= 11 is 0. The maximum absolute atomic E-state index is 8.69. The standard InChI is InChI=1S/C8H17N3O.C2H6/c1-3-4-7(5-9)11-8(6-10)12-2;1-2/h7-8,11H,3-4,6,10H2,1-2H3;1-2H3. The third-order valence-corrected chi connectivity index (χ3v) is 1.62. The van der Waals surface area contributed by atoms with Crippen LogP contribution >= 0.6 is 0 Å². The lowest BCUT2D eigenvalue weighted by atomic mass is 10.2. The number of hydrogen-bond donors (Lipinski definition) is 2. The van der Waals surface area contributed by atoms with Crippen LogP contribution in [-0.2, 0) is 4.74 Å². The molecule has 2 unspecified atom stereocenters. The van der Waals surface area contributed by atoms with E-state index in [4.69, 9.17) is 15.7 Å². The lowest BCUT2D eigenvalue weighted by Gasteiger charge is -2.18. The zero-order valence-electron chi connectivity index (χ0n) is 9.71. The molecule has 0 aromatic carbocycles. The van der Waals surface area contributed by atoms with Gasteiger partial charge in [-0.1, -0.05) is 27.2 Å². The number of nitrogens with zero attached hydrogens (tertiary/aromatic N) is 1. The molecule has 0 saturated heterocycles. The molecule has 0 aliphatic rings. The van der Waals surface area contributed by atoms with Gasteiger partial charge in [0.15, 0.2) is 0 Å². The molecule has 84 valence electrons. The van der Waals surface area contributed by atoms with E-state index in [1.165, 1.54) is 0 Å². The SMILES string of the molecule is CC.CCCC(C#N)NC(CN)OC. The van der Waals surface area contributed by atoms with Crippen LogP contribution in [0.1, 0.15) is 33.6 Å². The topological polar surface area (TPSA) is 71.1 Å². The van der Waals surface area contributed by atoms with Crippen molar-refractivity contribution in [3.05, 3.63) is 0 Å². The maximum Gasteiger partial charge on any atom is 0.121 e. The van der Waals surface area contributed by atoms with Gasteiger partial charge in [-0.2, -0.15) is 5.26 Å². The van der Waals surface area contributed by atoms with Crippen molar-refractivity contribution in [1.29, 1.82) is 5.26 Å². The van der Waals surface area contributed by atoms with Crippen LogP contribution in [0.5, 0.6) is 0 Å². The molecule has 4 nitrogen and oxygen atoms in total. The molecular formula is C10H23N3O. The van der Waals surface area contributed by atoms with Gasteiger partial charge in [-0.15, -0.1) is 0 Å². The van der Waals surface area contributed by atoms with Crippen molar-refractivity contribution in [2.45, 2.75) is 45.9 Å². The molecule has 0 aromatic heterocycles. The van der Waals surface area contributed by atoms with Crippen molar-refractivity contribution >= 4 is 0 Å². The first-order chi connectivity index (χ1) is 6.78. The number of methoxy groups -OCH3 is 1. The third kappa shape index (κ3) is 7.99. The molecule has 0 aliphatic carbocycles. The van der Waals surface area contributed by atoms with Crippen LogP contribution < -0.4 is 11.1 Å². The van der Waals surface area contributed by atoms with Gasteiger partial charge in [-0.3, -0.25) is 5.32 Å². The number of ether oxygens (including phenoxy) is 1. The first-order valence-electron chi connectivity index (χ1n) is 5.17. The average Bonchev–Trinajstić information content (AvgIpc) is 2.27. The molecule has 0 fully saturated rings. The van der Waals surface area contributed by atoms with Crippen molar-refractivity contribution < 1.29 is 4.74 Å². The molecule has 0 heterocycles. The average molecular weight is 201 g/mol. The Kier molecular flexibility index (Phi) is 14.0. The quantitative estimate of drug-likeness (QED) is 0.634. The summed E-state index contributed by atoms with van der Waals surface area (Å²) < 4.78 is 4.99. The first-order valence-corrected chi connectivity index (χ1v) is 5.17. The monoisotopic (exact) mass is 201 g/mol. The van der Waals surface area contributed by atoms with E-state index in [1.807, 2.05) is 20.8 Å². The van der Waals surface area contributed by atoms with Gasteiger partial charge in [0.1, 0.15) is 6.23 Å².